The van der Waals surface area contributed by atoms with Crippen LogP contribution in [0, 0.1) is 6.92 Å². The SMILES string of the molecule is CCc1c(C)c2ccc3c(c2oc1=O)CN(c1ccc(C(=O)OC)cc1)CO3. The van der Waals surface area contributed by atoms with Crippen molar-refractivity contribution >= 4 is 22.6 Å². The monoisotopic (exact) mass is 379 g/mol. The van der Waals surface area contributed by atoms with Gasteiger partial charge in [0.2, 0.25) is 0 Å². The van der Waals surface area contributed by atoms with Crippen molar-refractivity contribution < 1.29 is 18.7 Å². The van der Waals surface area contributed by atoms with Crippen molar-refractivity contribution in [1.82, 2.24) is 0 Å². The van der Waals surface area contributed by atoms with Crippen molar-refractivity contribution in [2.24, 2.45) is 0 Å². The van der Waals surface area contributed by atoms with Gasteiger partial charge in [0.15, 0.2) is 6.73 Å². The first kappa shape index (κ1) is 18.1. The molecule has 0 bridgehead atoms. The molecule has 1 aliphatic rings. The van der Waals surface area contributed by atoms with Gasteiger partial charge in [-0.3, -0.25) is 0 Å². The van der Waals surface area contributed by atoms with Gasteiger partial charge in [0.1, 0.15) is 11.3 Å². The second-order valence-electron chi connectivity index (χ2n) is 6.78. The zero-order valence-electron chi connectivity index (χ0n) is 16.1. The third-order valence-corrected chi connectivity index (χ3v) is 5.25. The molecule has 2 heterocycles. The summed E-state index contributed by atoms with van der Waals surface area (Å²) in [6.07, 6.45) is 0.635. The fourth-order valence-corrected chi connectivity index (χ4v) is 3.66. The smallest absolute Gasteiger partial charge is 0.339 e. The number of rotatable bonds is 3. The molecular formula is C22H21NO5. The van der Waals surface area contributed by atoms with E-state index in [4.69, 9.17) is 13.9 Å². The summed E-state index contributed by atoms with van der Waals surface area (Å²) >= 11 is 0. The van der Waals surface area contributed by atoms with Crippen LogP contribution in [0.2, 0.25) is 0 Å². The van der Waals surface area contributed by atoms with Crippen LogP contribution >= 0.6 is 0 Å². The van der Waals surface area contributed by atoms with E-state index in [-0.39, 0.29) is 11.6 Å². The minimum atomic E-state index is -0.373. The van der Waals surface area contributed by atoms with Gasteiger partial charge in [-0.2, -0.15) is 0 Å². The Balaban J connectivity index is 1.74. The van der Waals surface area contributed by atoms with Crippen LogP contribution in [0.4, 0.5) is 5.69 Å². The lowest BCUT2D eigenvalue weighted by molar-refractivity contribution is 0.0601. The summed E-state index contributed by atoms with van der Waals surface area (Å²) in [5.74, 6) is 0.350. The number of hydrogen-bond donors (Lipinski definition) is 0. The molecule has 0 atom stereocenters. The van der Waals surface area contributed by atoms with Gasteiger partial charge in [-0.1, -0.05) is 6.92 Å². The van der Waals surface area contributed by atoms with Crippen LogP contribution < -0.4 is 15.3 Å². The van der Waals surface area contributed by atoms with E-state index in [9.17, 15) is 9.59 Å². The van der Waals surface area contributed by atoms with Crippen LogP contribution in [0.3, 0.4) is 0 Å². The van der Waals surface area contributed by atoms with Gasteiger partial charge >= 0.3 is 11.6 Å². The van der Waals surface area contributed by atoms with Crippen molar-refractivity contribution in [3.05, 3.63) is 69.1 Å². The Labute approximate surface area is 162 Å². The van der Waals surface area contributed by atoms with Crippen molar-refractivity contribution in [2.75, 3.05) is 18.7 Å². The van der Waals surface area contributed by atoms with Gasteiger partial charge in [-0.25, -0.2) is 9.59 Å². The average molecular weight is 379 g/mol. The van der Waals surface area contributed by atoms with Gasteiger partial charge in [0.25, 0.3) is 0 Å². The Morgan fingerprint density at radius 1 is 1.18 bits per heavy atom. The van der Waals surface area contributed by atoms with Crippen molar-refractivity contribution in [1.29, 1.82) is 0 Å². The van der Waals surface area contributed by atoms with Crippen LogP contribution in [0.15, 0.2) is 45.6 Å². The average Bonchev–Trinajstić information content (AvgIpc) is 2.73. The summed E-state index contributed by atoms with van der Waals surface area (Å²) in [5, 5.41) is 0.932. The number of hydrogen-bond acceptors (Lipinski definition) is 6. The summed E-state index contributed by atoms with van der Waals surface area (Å²) in [5.41, 5.74) is 4.19. The molecule has 0 N–H and O–H groups in total. The minimum Gasteiger partial charge on any atom is -0.473 e. The number of methoxy groups -OCH3 is 1. The highest BCUT2D eigenvalue weighted by Gasteiger charge is 2.23. The lowest BCUT2D eigenvalue weighted by Gasteiger charge is -2.31. The van der Waals surface area contributed by atoms with E-state index >= 15 is 0 Å². The molecule has 0 saturated heterocycles. The maximum absolute atomic E-state index is 12.4. The number of anilines is 1. The molecule has 6 nitrogen and oxygen atoms in total. The molecule has 0 spiro atoms. The highest BCUT2D eigenvalue weighted by molar-refractivity contribution is 5.90. The van der Waals surface area contributed by atoms with E-state index in [1.807, 2.05) is 43.0 Å². The molecule has 0 radical (unpaired) electrons. The number of fused-ring (bicyclic) bond motifs is 3. The maximum atomic E-state index is 12.4. The molecule has 144 valence electrons. The van der Waals surface area contributed by atoms with E-state index in [0.29, 0.717) is 36.4 Å². The van der Waals surface area contributed by atoms with Crippen LogP contribution in [0.5, 0.6) is 5.75 Å². The lowest BCUT2D eigenvalue weighted by atomic mass is 10.0. The molecule has 3 aromatic rings. The molecule has 0 fully saturated rings. The molecule has 28 heavy (non-hydrogen) atoms. The van der Waals surface area contributed by atoms with E-state index in [0.717, 1.165) is 28.0 Å². The second kappa shape index (κ2) is 7.03. The van der Waals surface area contributed by atoms with Gasteiger partial charge < -0.3 is 18.8 Å². The fourth-order valence-electron chi connectivity index (χ4n) is 3.66. The predicted molar refractivity (Wildman–Crippen MR) is 106 cm³/mol. The minimum absolute atomic E-state index is 0.291. The fraction of sp³-hybridized carbons (Fsp3) is 0.273. The van der Waals surface area contributed by atoms with Crippen molar-refractivity contribution in [2.45, 2.75) is 26.8 Å². The Kier molecular flexibility index (Phi) is 4.55. The molecule has 6 heteroatoms. The highest BCUT2D eigenvalue weighted by Crippen LogP contribution is 2.35. The zero-order valence-corrected chi connectivity index (χ0v) is 16.1. The molecular weight excluding hydrogens is 358 g/mol. The van der Waals surface area contributed by atoms with E-state index in [2.05, 4.69) is 0 Å². The van der Waals surface area contributed by atoms with Crippen LogP contribution in [-0.2, 0) is 17.7 Å². The number of aryl methyl sites for hydroxylation is 1. The van der Waals surface area contributed by atoms with E-state index in [1.54, 1.807) is 12.1 Å². The zero-order chi connectivity index (χ0) is 19.8. The summed E-state index contributed by atoms with van der Waals surface area (Å²) in [6.45, 7) is 4.81. The van der Waals surface area contributed by atoms with Gasteiger partial charge in [0.05, 0.1) is 24.8 Å². The normalized spacial score (nSPS) is 13.2. The van der Waals surface area contributed by atoms with Crippen LogP contribution in [-0.4, -0.2) is 19.8 Å². The van der Waals surface area contributed by atoms with Gasteiger partial charge in [-0.05, 0) is 55.3 Å². The summed E-state index contributed by atoms with van der Waals surface area (Å²) in [7, 11) is 1.36. The van der Waals surface area contributed by atoms with Gasteiger partial charge in [0, 0.05) is 16.6 Å². The van der Waals surface area contributed by atoms with Crippen LogP contribution in [0.1, 0.15) is 34.0 Å². The maximum Gasteiger partial charge on any atom is 0.339 e. The quantitative estimate of drug-likeness (QED) is 0.509. The molecule has 0 aliphatic carbocycles. The molecule has 2 aromatic carbocycles. The van der Waals surface area contributed by atoms with E-state index in [1.165, 1.54) is 7.11 Å². The Bertz CT molecular complexity index is 1110. The number of carbonyl (C=O) groups is 1. The molecule has 0 amide bonds. The number of esters is 1. The number of nitrogens with zero attached hydrogens (tertiary/aromatic N) is 1. The standard InChI is InChI=1S/C22H21NO5/c1-4-16-13(2)17-9-10-19-18(20(17)28-22(16)25)11-23(12-27-19)15-7-5-14(6-8-15)21(24)26-3/h5-10H,4,11-12H2,1-3H3. The number of ether oxygens (including phenoxy) is 2. The molecule has 1 aliphatic heterocycles. The third-order valence-electron chi connectivity index (χ3n) is 5.25. The number of benzene rings is 2. The first-order chi connectivity index (χ1) is 13.5. The first-order valence-electron chi connectivity index (χ1n) is 9.17. The van der Waals surface area contributed by atoms with Crippen molar-refractivity contribution in [3.63, 3.8) is 0 Å². The Morgan fingerprint density at radius 2 is 1.93 bits per heavy atom. The summed E-state index contributed by atoms with van der Waals surface area (Å²) in [4.78, 5) is 26.0. The second-order valence-corrected chi connectivity index (χ2v) is 6.78. The lowest BCUT2D eigenvalue weighted by Crippen LogP contribution is -2.32. The van der Waals surface area contributed by atoms with Crippen LogP contribution in [0.25, 0.3) is 11.0 Å². The molecule has 1 aromatic heterocycles. The topological polar surface area (TPSA) is 69.0 Å². The Hall–Kier alpha value is -3.28. The summed E-state index contributed by atoms with van der Waals surface area (Å²) < 4.78 is 16.3. The molecule has 0 saturated carbocycles. The van der Waals surface area contributed by atoms with Crippen molar-refractivity contribution in [3.8, 4) is 5.75 Å². The Morgan fingerprint density at radius 3 is 2.61 bits per heavy atom. The largest absolute Gasteiger partial charge is 0.473 e. The summed E-state index contributed by atoms with van der Waals surface area (Å²) in [6, 6.07) is 11.0. The number of carbonyl (C=O) groups excluding carboxylic acids is 1. The first-order valence-corrected chi connectivity index (χ1v) is 9.17. The van der Waals surface area contributed by atoms with E-state index < -0.39 is 0 Å². The van der Waals surface area contributed by atoms with Gasteiger partial charge in [-0.15, -0.1) is 0 Å². The molecule has 4 rings (SSSR count). The molecule has 0 unspecified atom stereocenters. The third kappa shape index (κ3) is 2.91. The highest BCUT2D eigenvalue weighted by atomic mass is 16.5. The predicted octanol–water partition coefficient (Wildman–Crippen LogP) is 3.81.